The van der Waals surface area contributed by atoms with E-state index in [1.165, 1.54) is 11.0 Å². The summed E-state index contributed by atoms with van der Waals surface area (Å²) in [4.78, 5) is 38.3. The van der Waals surface area contributed by atoms with Crippen LogP contribution in [0.2, 0.25) is 0 Å². The minimum atomic E-state index is -1.13. The zero-order chi connectivity index (χ0) is 24.3. The molecule has 8 heteroatoms. The quantitative estimate of drug-likeness (QED) is 0.582. The van der Waals surface area contributed by atoms with Crippen LogP contribution in [0, 0.1) is 5.41 Å². The van der Waals surface area contributed by atoms with Crippen molar-refractivity contribution in [3.8, 4) is 11.1 Å². The molecule has 2 amide bonds. The summed E-state index contributed by atoms with van der Waals surface area (Å²) in [6, 6.07) is 15.5. The molecule has 0 spiro atoms. The number of alkyl carbamates (subject to hydrolysis) is 1. The second-order valence-corrected chi connectivity index (χ2v) is 8.82. The standard InChI is InChI=1S/C26H28N2O6/c1-3-12-28(13-23(29)30)24(31)26(2)16-33-15-22(26)27-25(32)34-14-21-19-10-6-4-8-17(19)18-9-5-7-11-20(18)21/h3-11,21-22H,1,12-16H2,2H3,(H,27,32)(H,29,30). The van der Waals surface area contributed by atoms with Gasteiger partial charge in [-0.3, -0.25) is 9.59 Å². The second kappa shape index (κ2) is 9.69. The van der Waals surface area contributed by atoms with Gasteiger partial charge in [0, 0.05) is 12.5 Å². The predicted molar refractivity (Wildman–Crippen MR) is 125 cm³/mol. The monoisotopic (exact) mass is 464 g/mol. The van der Waals surface area contributed by atoms with Crippen LogP contribution in [0.15, 0.2) is 61.2 Å². The third-order valence-corrected chi connectivity index (χ3v) is 6.54. The fourth-order valence-electron chi connectivity index (χ4n) is 4.77. The first-order valence-electron chi connectivity index (χ1n) is 11.2. The number of nitrogens with zero attached hydrogens (tertiary/aromatic N) is 1. The number of hydrogen-bond acceptors (Lipinski definition) is 5. The van der Waals surface area contributed by atoms with E-state index in [0.717, 1.165) is 22.3 Å². The van der Waals surface area contributed by atoms with Gasteiger partial charge in [-0.05, 0) is 29.2 Å². The predicted octanol–water partition coefficient (Wildman–Crippen LogP) is 3.03. The highest BCUT2D eigenvalue weighted by Gasteiger charge is 2.49. The molecule has 0 bridgehead atoms. The molecule has 8 nitrogen and oxygen atoms in total. The number of carbonyl (C=O) groups is 3. The maximum atomic E-state index is 13.2. The third kappa shape index (κ3) is 4.41. The lowest BCUT2D eigenvalue weighted by atomic mass is 9.83. The van der Waals surface area contributed by atoms with Crippen molar-refractivity contribution in [2.45, 2.75) is 18.9 Å². The Kier molecular flexibility index (Phi) is 6.70. The van der Waals surface area contributed by atoms with E-state index in [-0.39, 0.29) is 32.3 Å². The van der Waals surface area contributed by atoms with Crippen LogP contribution in [0.5, 0.6) is 0 Å². The fraction of sp³-hybridized carbons (Fsp3) is 0.346. The van der Waals surface area contributed by atoms with Crippen LogP contribution in [-0.4, -0.2) is 66.9 Å². The molecule has 2 aromatic rings. The second-order valence-electron chi connectivity index (χ2n) is 8.82. The molecule has 4 rings (SSSR count). The summed E-state index contributed by atoms with van der Waals surface area (Å²) in [6.07, 6.45) is 0.818. The van der Waals surface area contributed by atoms with Crippen LogP contribution in [0.1, 0.15) is 24.0 Å². The van der Waals surface area contributed by atoms with E-state index in [9.17, 15) is 14.4 Å². The smallest absolute Gasteiger partial charge is 0.407 e. The Morgan fingerprint density at radius 1 is 1.18 bits per heavy atom. The summed E-state index contributed by atoms with van der Waals surface area (Å²) < 4.78 is 11.1. The molecule has 0 radical (unpaired) electrons. The Morgan fingerprint density at radius 2 is 1.79 bits per heavy atom. The van der Waals surface area contributed by atoms with E-state index < -0.39 is 36.0 Å². The van der Waals surface area contributed by atoms with Gasteiger partial charge in [-0.15, -0.1) is 6.58 Å². The van der Waals surface area contributed by atoms with Crippen LogP contribution in [0.4, 0.5) is 4.79 Å². The van der Waals surface area contributed by atoms with Crippen molar-refractivity contribution in [3.63, 3.8) is 0 Å². The summed E-state index contributed by atoms with van der Waals surface area (Å²) >= 11 is 0. The molecule has 0 saturated carbocycles. The molecule has 178 valence electrons. The van der Waals surface area contributed by atoms with Gasteiger partial charge in [-0.1, -0.05) is 54.6 Å². The number of nitrogens with one attached hydrogen (secondary N) is 1. The molecule has 1 fully saturated rings. The lowest BCUT2D eigenvalue weighted by molar-refractivity contribution is -0.149. The normalized spacial score (nSPS) is 20.8. The van der Waals surface area contributed by atoms with E-state index in [4.69, 9.17) is 14.6 Å². The van der Waals surface area contributed by atoms with E-state index >= 15 is 0 Å². The van der Waals surface area contributed by atoms with Crippen molar-refractivity contribution in [2.75, 3.05) is 32.9 Å². The molecule has 2 aromatic carbocycles. The highest BCUT2D eigenvalue weighted by atomic mass is 16.5. The van der Waals surface area contributed by atoms with Gasteiger partial charge in [0.25, 0.3) is 0 Å². The highest BCUT2D eigenvalue weighted by Crippen LogP contribution is 2.44. The Hall–Kier alpha value is -3.65. The van der Waals surface area contributed by atoms with Gasteiger partial charge in [-0.2, -0.15) is 0 Å². The zero-order valence-corrected chi connectivity index (χ0v) is 19.0. The average Bonchev–Trinajstić information content (AvgIpc) is 3.35. The molecule has 2 aliphatic rings. The van der Waals surface area contributed by atoms with Gasteiger partial charge in [0.15, 0.2) is 0 Å². The molecular weight excluding hydrogens is 436 g/mol. The van der Waals surface area contributed by atoms with Crippen molar-refractivity contribution in [2.24, 2.45) is 5.41 Å². The Morgan fingerprint density at radius 3 is 2.38 bits per heavy atom. The SMILES string of the molecule is C=CCN(CC(=O)O)C(=O)C1(C)COCC1NC(=O)OCC1c2ccccc2-c2ccccc21. The molecule has 2 atom stereocenters. The number of carboxylic acid groups (broad SMARTS) is 1. The first-order valence-corrected chi connectivity index (χ1v) is 11.2. The summed E-state index contributed by atoms with van der Waals surface area (Å²) in [5.41, 5.74) is 3.36. The molecule has 2 N–H and O–H groups in total. The minimum absolute atomic E-state index is 0.0629. The molecule has 1 aliphatic carbocycles. The highest BCUT2D eigenvalue weighted by molar-refractivity contribution is 5.87. The first kappa shape index (κ1) is 23.5. The van der Waals surface area contributed by atoms with Crippen molar-refractivity contribution in [1.82, 2.24) is 10.2 Å². The third-order valence-electron chi connectivity index (χ3n) is 6.54. The molecule has 0 aromatic heterocycles. The molecule has 1 heterocycles. The van der Waals surface area contributed by atoms with Crippen LogP contribution >= 0.6 is 0 Å². The van der Waals surface area contributed by atoms with Crippen molar-refractivity contribution in [1.29, 1.82) is 0 Å². The van der Waals surface area contributed by atoms with E-state index in [1.54, 1.807) is 6.92 Å². The largest absolute Gasteiger partial charge is 0.480 e. The molecule has 2 unspecified atom stereocenters. The van der Waals surface area contributed by atoms with Crippen molar-refractivity contribution >= 4 is 18.0 Å². The lowest BCUT2D eigenvalue weighted by Gasteiger charge is -2.33. The number of fused-ring (bicyclic) bond motifs is 3. The molecular formula is C26H28N2O6. The Labute approximate surface area is 198 Å². The van der Waals surface area contributed by atoms with Crippen LogP contribution < -0.4 is 5.32 Å². The lowest BCUT2D eigenvalue weighted by Crippen LogP contribution is -2.55. The maximum absolute atomic E-state index is 13.2. The number of carbonyl (C=O) groups excluding carboxylic acids is 2. The van der Waals surface area contributed by atoms with Crippen molar-refractivity contribution in [3.05, 3.63) is 72.3 Å². The number of amides is 2. The molecule has 34 heavy (non-hydrogen) atoms. The van der Waals surface area contributed by atoms with Gasteiger partial charge < -0.3 is 24.8 Å². The number of ether oxygens (including phenoxy) is 2. The summed E-state index contributed by atoms with van der Waals surface area (Å²) in [6.45, 7) is 5.22. The van der Waals surface area contributed by atoms with Gasteiger partial charge in [-0.25, -0.2) is 4.79 Å². The zero-order valence-electron chi connectivity index (χ0n) is 19.0. The maximum Gasteiger partial charge on any atom is 0.407 e. The summed E-state index contributed by atoms with van der Waals surface area (Å²) in [5.74, 6) is -1.63. The average molecular weight is 465 g/mol. The van der Waals surface area contributed by atoms with Gasteiger partial charge in [0.05, 0.1) is 24.7 Å². The summed E-state index contributed by atoms with van der Waals surface area (Å²) in [5, 5.41) is 11.9. The topological polar surface area (TPSA) is 105 Å². The fourth-order valence-corrected chi connectivity index (χ4v) is 4.77. The number of rotatable bonds is 8. The van der Waals surface area contributed by atoms with E-state index in [0.29, 0.717) is 0 Å². The number of hydrogen-bond donors (Lipinski definition) is 2. The van der Waals surface area contributed by atoms with E-state index in [1.807, 2.05) is 36.4 Å². The molecule has 1 aliphatic heterocycles. The number of benzene rings is 2. The Balaban J connectivity index is 1.43. The number of aliphatic carboxylic acids is 1. The van der Waals surface area contributed by atoms with Crippen LogP contribution in [0.25, 0.3) is 11.1 Å². The van der Waals surface area contributed by atoms with Crippen LogP contribution in [0.3, 0.4) is 0 Å². The minimum Gasteiger partial charge on any atom is -0.480 e. The summed E-state index contributed by atoms with van der Waals surface area (Å²) in [7, 11) is 0. The van der Waals surface area contributed by atoms with Gasteiger partial charge in [0.1, 0.15) is 13.2 Å². The number of carboxylic acids is 1. The van der Waals surface area contributed by atoms with E-state index in [2.05, 4.69) is 24.0 Å². The van der Waals surface area contributed by atoms with Crippen molar-refractivity contribution < 1.29 is 29.0 Å². The Bertz CT molecular complexity index is 1070. The van der Waals surface area contributed by atoms with Gasteiger partial charge in [0.2, 0.25) is 5.91 Å². The molecule has 1 saturated heterocycles. The van der Waals surface area contributed by atoms with Gasteiger partial charge >= 0.3 is 12.1 Å². The van der Waals surface area contributed by atoms with Crippen LogP contribution in [-0.2, 0) is 19.1 Å². The first-order chi connectivity index (χ1) is 16.3.